The maximum absolute atomic E-state index is 11.8. The largest absolute Gasteiger partial charge is 0.465 e. The molecule has 4 nitrogen and oxygen atoms in total. The molecule has 0 heterocycles. The molecular formula is C18H16O4. The summed E-state index contributed by atoms with van der Waals surface area (Å²) in [6.45, 7) is 0.187. The zero-order valence-corrected chi connectivity index (χ0v) is 12.2. The van der Waals surface area contributed by atoms with Crippen LogP contribution in [0.1, 0.15) is 26.3 Å². The van der Waals surface area contributed by atoms with Crippen LogP contribution in [0.5, 0.6) is 0 Å². The number of rotatable bonds is 5. The molecule has 0 aromatic heterocycles. The van der Waals surface area contributed by atoms with E-state index in [1.54, 1.807) is 6.08 Å². The molecule has 0 spiro atoms. The van der Waals surface area contributed by atoms with E-state index in [1.165, 1.54) is 31.4 Å². The summed E-state index contributed by atoms with van der Waals surface area (Å²) in [7, 11) is 1.31. The molecule has 2 aromatic rings. The SMILES string of the molecule is COC(=O)c1ccc(C(=O)OC/C=C/c2ccccc2)cc1. The first-order chi connectivity index (χ1) is 10.7. The van der Waals surface area contributed by atoms with Crippen molar-refractivity contribution in [1.82, 2.24) is 0 Å². The van der Waals surface area contributed by atoms with Crippen molar-refractivity contribution in [3.05, 3.63) is 77.4 Å². The van der Waals surface area contributed by atoms with Gasteiger partial charge in [0.2, 0.25) is 0 Å². The van der Waals surface area contributed by atoms with E-state index in [9.17, 15) is 9.59 Å². The van der Waals surface area contributed by atoms with E-state index in [1.807, 2.05) is 36.4 Å². The molecule has 4 heteroatoms. The highest BCUT2D eigenvalue weighted by atomic mass is 16.5. The zero-order chi connectivity index (χ0) is 15.8. The highest BCUT2D eigenvalue weighted by Gasteiger charge is 2.09. The van der Waals surface area contributed by atoms with Gasteiger partial charge in [-0.15, -0.1) is 0 Å². The minimum Gasteiger partial charge on any atom is -0.465 e. The normalized spacial score (nSPS) is 10.4. The molecule has 0 bridgehead atoms. The molecule has 0 fully saturated rings. The van der Waals surface area contributed by atoms with Gasteiger partial charge in [-0.2, -0.15) is 0 Å². The first-order valence-corrected chi connectivity index (χ1v) is 6.78. The minimum atomic E-state index is -0.439. The van der Waals surface area contributed by atoms with Crippen molar-refractivity contribution in [3.63, 3.8) is 0 Å². The fourth-order valence-corrected chi connectivity index (χ4v) is 1.82. The van der Waals surface area contributed by atoms with Crippen molar-refractivity contribution in [2.24, 2.45) is 0 Å². The average Bonchev–Trinajstić information content (AvgIpc) is 2.59. The molecule has 2 aromatic carbocycles. The lowest BCUT2D eigenvalue weighted by Gasteiger charge is -2.03. The molecule has 0 aliphatic heterocycles. The van der Waals surface area contributed by atoms with Crippen LogP contribution in [0.4, 0.5) is 0 Å². The van der Waals surface area contributed by atoms with Gasteiger partial charge in [0, 0.05) is 0 Å². The van der Waals surface area contributed by atoms with Crippen molar-refractivity contribution in [2.75, 3.05) is 13.7 Å². The van der Waals surface area contributed by atoms with Gasteiger partial charge in [0.05, 0.1) is 18.2 Å². The van der Waals surface area contributed by atoms with Gasteiger partial charge < -0.3 is 9.47 Å². The molecule has 0 saturated heterocycles. The Bertz CT molecular complexity index is 657. The van der Waals surface area contributed by atoms with Crippen molar-refractivity contribution in [1.29, 1.82) is 0 Å². The van der Waals surface area contributed by atoms with Crippen LogP contribution in [0.2, 0.25) is 0 Å². The summed E-state index contributed by atoms with van der Waals surface area (Å²) in [5, 5.41) is 0. The van der Waals surface area contributed by atoms with E-state index in [0.29, 0.717) is 11.1 Å². The van der Waals surface area contributed by atoms with Crippen LogP contribution in [0, 0.1) is 0 Å². The van der Waals surface area contributed by atoms with Crippen molar-refractivity contribution < 1.29 is 19.1 Å². The Balaban J connectivity index is 1.87. The van der Waals surface area contributed by atoms with E-state index in [-0.39, 0.29) is 6.61 Å². The number of benzene rings is 2. The predicted octanol–water partition coefficient (Wildman–Crippen LogP) is 3.34. The summed E-state index contributed by atoms with van der Waals surface area (Å²) in [6.07, 6.45) is 3.66. The molecule has 112 valence electrons. The fourth-order valence-electron chi connectivity index (χ4n) is 1.82. The van der Waals surface area contributed by atoms with Crippen LogP contribution in [-0.2, 0) is 9.47 Å². The topological polar surface area (TPSA) is 52.6 Å². The third-order valence-electron chi connectivity index (χ3n) is 2.96. The second kappa shape index (κ2) is 7.78. The smallest absolute Gasteiger partial charge is 0.338 e. The van der Waals surface area contributed by atoms with Gasteiger partial charge in [-0.3, -0.25) is 0 Å². The maximum Gasteiger partial charge on any atom is 0.338 e. The van der Waals surface area contributed by atoms with E-state index in [4.69, 9.17) is 4.74 Å². The summed E-state index contributed by atoms with van der Waals surface area (Å²) in [6, 6.07) is 15.9. The molecular weight excluding hydrogens is 280 g/mol. The van der Waals surface area contributed by atoms with Gasteiger partial charge in [-0.25, -0.2) is 9.59 Å². The Morgan fingerprint density at radius 3 is 2.09 bits per heavy atom. The lowest BCUT2D eigenvalue weighted by molar-refractivity contribution is 0.0546. The van der Waals surface area contributed by atoms with E-state index >= 15 is 0 Å². The number of carbonyl (C=O) groups is 2. The highest BCUT2D eigenvalue weighted by molar-refractivity contribution is 5.93. The van der Waals surface area contributed by atoms with Gasteiger partial charge >= 0.3 is 11.9 Å². The first-order valence-electron chi connectivity index (χ1n) is 6.78. The number of hydrogen-bond donors (Lipinski definition) is 0. The Labute approximate surface area is 129 Å². The summed E-state index contributed by atoms with van der Waals surface area (Å²) < 4.78 is 9.73. The van der Waals surface area contributed by atoms with Crippen LogP contribution in [0.15, 0.2) is 60.7 Å². The molecule has 0 unspecified atom stereocenters. The molecule has 2 rings (SSSR count). The first kappa shape index (κ1) is 15.5. The molecule has 0 aliphatic carbocycles. The zero-order valence-electron chi connectivity index (χ0n) is 12.2. The summed E-state index contributed by atoms with van der Waals surface area (Å²) in [4.78, 5) is 23.1. The van der Waals surface area contributed by atoms with Gasteiger partial charge in [-0.05, 0) is 35.9 Å². The molecule has 0 atom stereocenters. The standard InChI is InChI=1S/C18H16O4/c1-21-17(19)15-9-11-16(12-10-15)18(20)22-13-5-8-14-6-3-2-4-7-14/h2-12H,13H2,1H3/b8-5+. The van der Waals surface area contributed by atoms with Crippen LogP contribution in [-0.4, -0.2) is 25.7 Å². The van der Waals surface area contributed by atoms with Crippen LogP contribution >= 0.6 is 0 Å². The second-order valence-electron chi connectivity index (χ2n) is 4.48. The third kappa shape index (κ3) is 4.31. The number of carbonyl (C=O) groups excluding carboxylic acids is 2. The molecule has 22 heavy (non-hydrogen) atoms. The Kier molecular flexibility index (Phi) is 5.49. The minimum absolute atomic E-state index is 0.187. The number of methoxy groups -OCH3 is 1. The van der Waals surface area contributed by atoms with Crippen LogP contribution in [0.3, 0.4) is 0 Å². The molecule has 0 radical (unpaired) electrons. The number of esters is 2. The van der Waals surface area contributed by atoms with Crippen molar-refractivity contribution in [2.45, 2.75) is 0 Å². The van der Waals surface area contributed by atoms with Crippen LogP contribution in [0.25, 0.3) is 6.08 Å². The maximum atomic E-state index is 11.8. The highest BCUT2D eigenvalue weighted by Crippen LogP contribution is 2.07. The van der Waals surface area contributed by atoms with Crippen molar-refractivity contribution in [3.8, 4) is 0 Å². The van der Waals surface area contributed by atoms with Crippen LogP contribution < -0.4 is 0 Å². The van der Waals surface area contributed by atoms with Gasteiger partial charge in [0.15, 0.2) is 0 Å². The number of hydrogen-bond acceptors (Lipinski definition) is 4. The number of ether oxygens (including phenoxy) is 2. The molecule has 0 amide bonds. The summed E-state index contributed by atoms with van der Waals surface area (Å²) in [5.41, 5.74) is 1.82. The average molecular weight is 296 g/mol. The molecule has 0 N–H and O–H groups in total. The molecule has 0 saturated carbocycles. The van der Waals surface area contributed by atoms with Gasteiger partial charge in [-0.1, -0.05) is 36.4 Å². The lowest BCUT2D eigenvalue weighted by Crippen LogP contribution is -2.06. The van der Waals surface area contributed by atoms with E-state index < -0.39 is 11.9 Å². The quantitative estimate of drug-likeness (QED) is 0.794. The lowest BCUT2D eigenvalue weighted by atomic mass is 10.1. The fraction of sp³-hybridized carbons (Fsp3) is 0.111. The van der Waals surface area contributed by atoms with Gasteiger partial charge in [0.1, 0.15) is 6.61 Å². The Morgan fingerprint density at radius 2 is 1.50 bits per heavy atom. The van der Waals surface area contributed by atoms with E-state index in [2.05, 4.69) is 4.74 Å². The van der Waals surface area contributed by atoms with Gasteiger partial charge in [0.25, 0.3) is 0 Å². The molecule has 0 aliphatic rings. The Morgan fingerprint density at radius 1 is 0.909 bits per heavy atom. The summed E-state index contributed by atoms with van der Waals surface area (Å²) in [5.74, 6) is -0.875. The van der Waals surface area contributed by atoms with E-state index in [0.717, 1.165) is 5.56 Å². The summed E-state index contributed by atoms with van der Waals surface area (Å²) >= 11 is 0. The predicted molar refractivity (Wildman–Crippen MR) is 83.5 cm³/mol. The Hall–Kier alpha value is -2.88. The second-order valence-corrected chi connectivity index (χ2v) is 4.48. The monoisotopic (exact) mass is 296 g/mol. The third-order valence-corrected chi connectivity index (χ3v) is 2.96. The van der Waals surface area contributed by atoms with Crippen molar-refractivity contribution >= 4 is 18.0 Å².